The highest BCUT2D eigenvalue weighted by Crippen LogP contribution is 2.46. The van der Waals surface area contributed by atoms with Gasteiger partial charge in [-0.15, -0.1) is 0 Å². The Balaban J connectivity index is 0.000000111. The second kappa shape index (κ2) is 22.7. The second-order valence-corrected chi connectivity index (χ2v) is 25.5. The van der Waals surface area contributed by atoms with E-state index in [9.17, 15) is 0 Å². The Morgan fingerprint density at radius 1 is 0.259 bits per heavy atom. The van der Waals surface area contributed by atoms with Gasteiger partial charge in [0.05, 0.1) is 28.5 Å². The SMILES string of the molecule is Cc1c(C)c(C)c2c(c1C)Cc1ncccc1-2.Cc1cc(C)c2c(c1C)Cc1nccc(C)c1-2.Cc1cc2c(c(C)c1C)Cc1nccc(C)c1-2.Cc1ccc2c(n1)Cc1c-2cc(C)c(C)c1C.Cc1cnc2c(c1)-c1cc(C)c(C)c(C)c1C2. The van der Waals surface area contributed by atoms with Crippen LogP contribution in [0.2, 0.25) is 0 Å². The molecule has 10 aromatic rings. The van der Waals surface area contributed by atoms with Crippen LogP contribution in [0.15, 0.2) is 91.5 Å². The Hall–Kier alpha value is -8.15. The number of aromatic nitrogens is 5. The average molecular weight is 1120 g/mol. The van der Waals surface area contributed by atoms with E-state index in [4.69, 9.17) is 0 Å². The van der Waals surface area contributed by atoms with Crippen LogP contribution in [0.25, 0.3) is 55.6 Å². The van der Waals surface area contributed by atoms with Crippen LogP contribution in [0.3, 0.4) is 0 Å². The van der Waals surface area contributed by atoms with Crippen molar-refractivity contribution in [2.24, 2.45) is 0 Å². The summed E-state index contributed by atoms with van der Waals surface area (Å²) in [6.07, 6.45) is 12.7. The molecular formula is C80H85N5. The molecule has 0 fully saturated rings. The third-order valence-corrected chi connectivity index (χ3v) is 20.5. The van der Waals surface area contributed by atoms with Crippen LogP contribution in [-0.4, -0.2) is 24.9 Å². The van der Waals surface area contributed by atoms with Crippen LogP contribution in [0.4, 0.5) is 0 Å². The van der Waals surface area contributed by atoms with Crippen molar-refractivity contribution >= 4 is 0 Å². The maximum Gasteiger partial charge on any atom is 0.0529 e. The molecule has 5 nitrogen and oxygen atoms in total. The van der Waals surface area contributed by atoms with Crippen molar-refractivity contribution in [3.05, 3.63) is 259 Å². The van der Waals surface area contributed by atoms with Crippen molar-refractivity contribution in [1.82, 2.24) is 24.9 Å². The van der Waals surface area contributed by atoms with Gasteiger partial charge in [0, 0.05) is 90.4 Å². The summed E-state index contributed by atoms with van der Waals surface area (Å²) in [6.45, 7) is 44.1. The van der Waals surface area contributed by atoms with E-state index < -0.39 is 0 Å². The van der Waals surface area contributed by atoms with Gasteiger partial charge in [0.25, 0.3) is 0 Å². The van der Waals surface area contributed by atoms with E-state index in [-0.39, 0.29) is 0 Å². The zero-order chi connectivity index (χ0) is 60.8. The number of hydrogen-bond donors (Lipinski definition) is 0. The number of pyridine rings is 5. The van der Waals surface area contributed by atoms with E-state index >= 15 is 0 Å². The third-order valence-electron chi connectivity index (χ3n) is 20.5. The highest BCUT2D eigenvalue weighted by atomic mass is 14.7. The van der Waals surface area contributed by atoms with Crippen molar-refractivity contribution < 1.29 is 0 Å². The van der Waals surface area contributed by atoms with Crippen LogP contribution in [0.1, 0.15) is 168 Å². The first kappa shape index (κ1) is 58.6. The van der Waals surface area contributed by atoms with Gasteiger partial charge >= 0.3 is 0 Å². The lowest BCUT2D eigenvalue weighted by atomic mass is 9.89. The van der Waals surface area contributed by atoms with E-state index in [1.165, 1.54) is 218 Å². The molecule has 5 heterocycles. The highest BCUT2D eigenvalue weighted by Gasteiger charge is 2.29. The Kier molecular flexibility index (Phi) is 15.6. The third kappa shape index (κ3) is 10.3. The van der Waals surface area contributed by atoms with Crippen LogP contribution < -0.4 is 0 Å². The molecular weight excluding hydrogens is 1030 g/mol. The molecule has 0 aliphatic heterocycles. The molecule has 85 heavy (non-hydrogen) atoms. The molecule has 0 saturated carbocycles. The Bertz CT molecular complexity index is 4430. The van der Waals surface area contributed by atoms with E-state index in [1.807, 2.05) is 30.9 Å². The van der Waals surface area contributed by atoms with Crippen molar-refractivity contribution in [3.8, 4) is 55.6 Å². The monoisotopic (exact) mass is 1120 g/mol. The van der Waals surface area contributed by atoms with E-state index in [0.29, 0.717) is 0 Å². The molecule has 5 aliphatic rings. The zero-order valence-corrected chi connectivity index (χ0v) is 54.4. The van der Waals surface area contributed by atoms with Crippen LogP contribution >= 0.6 is 0 Å². The first-order valence-electron chi connectivity index (χ1n) is 30.7. The van der Waals surface area contributed by atoms with E-state index in [1.54, 1.807) is 0 Å². The molecule has 0 N–H and O–H groups in total. The topological polar surface area (TPSA) is 64.5 Å². The van der Waals surface area contributed by atoms with Gasteiger partial charge in [-0.05, 0) is 330 Å². The fraction of sp³-hybridized carbons (Fsp3) is 0.312. The average Bonchev–Trinajstić information content (AvgIpc) is 2.59. The summed E-state index contributed by atoms with van der Waals surface area (Å²) < 4.78 is 0. The highest BCUT2D eigenvalue weighted by molar-refractivity contribution is 5.84. The summed E-state index contributed by atoms with van der Waals surface area (Å²) in [5.41, 5.74) is 55.2. The van der Waals surface area contributed by atoms with Gasteiger partial charge in [0.15, 0.2) is 0 Å². The van der Waals surface area contributed by atoms with Gasteiger partial charge in [-0.25, -0.2) is 0 Å². The van der Waals surface area contributed by atoms with Gasteiger partial charge < -0.3 is 0 Å². The minimum absolute atomic E-state index is 0.998. The standard InChI is InChI=1S/5C16H17N/c1-9-5-15-14-6-10(2)11(3)12(4)13(14)7-16(15)17-8-9;1-9-7-15-13-6-5-10(2)17-16(13)8-14(15)12(4)11(9)3;1-9-5-6-17-15-8-13-12(4)11(3)10(2)7-14(13)16(9)15;1-9-5-6-17-14-8-13-12(4)10(2)7-11(3)15(13)16(9)14;1-9-10(2)12(4)16-13-6-5-7-17-15(13)8-14(16)11(9)3/h5-6,8H,7H2,1-4H3;4*5-7H,8H2,1-4H3. The minimum atomic E-state index is 0.998. The zero-order valence-electron chi connectivity index (χ0n) is 54.4. The lowest BCUT2D eigenvalue weighted by molar-refractivity contribution is 1.06. The van der Waals surface area contributed by atoms with Crippen LogP contribution in [-0.2, 0) is 32.1 Å². The number of benzene rings is 5. The predicted octanol–water partition coefficient (Wildman–Crippen LogP) is 19.4. The Morgan fingerprint density at radius 2 is 0.718 bits per heavy atom. The molecule has 0 radical (unpaired) electrons. The van der Waals surface area contributed by atoms with Crippen molar-refractivity contribution in [2.45, 2.75) is 171 Å². The summed E-state index contributed by atoms with van der Waals surface area (Å²) in [6, 6.07) is 24.3. The largest absolute Gasteiger partial charge is 0.260 e. The normalized spacial score (nSPS) is 12.5. The fourth-order valence-electron chi connectivity index (χ4n) is 14.3. The fourth-order valence-corrected chi connectivity index (χ4v) is 14.3. The maximum atomic E-state index is 4.67. The number of aryl methyl sites for hydroxylation is 9. The summed E-state index contributed by atoms with van der Waals surface area (Å²) in [5, 5.41) is 0. The van der Waals surface area contributed by atoms with Gasteiger partial charge in [-0.3, -0.25) is 24.9 Å². The second-order valence-electron chi connectivity index (χ2n) is 25.5. The molecule has 0 amide bonds. The van der Waals surface area contributed by atoms with Crippen molar-refractivity contribution in [3.63, 3.8) is 0 Å². The van der Waals surface area contributed by atoms with Crippen LogP contribution in [0, 0.1) is 138 Å². The molecule has 0 saturated heterocycles. The minimum Gasteiger partial charge on any atom is -0.260 e. The molecule has 5 aliphatic carbocycles. The van der Waals surface area contributed by atoms with E-state index in [0.717, 1.165) is 37.8 Å². The summed E-state index contributed by atoms with van der Waals surface area (Å²) in [4.78, 5) is 22.8. The van der Waals surface area contributed by atoms with Crippen molar-refractivity contribution in [1.29, 1.82) is 0 Å². The van der Waals surface area contributed by atoms with E-state index in [2.05, 4.69) is 224 Å². The quantitative estimate of drug-likeness (QED) is 0.151. The van der Waals surface area contributed by atoms with Gasteiger partial charge in [0.2, 0.25) is 0 Å². The van der Waals surface area contributed by atoms with Gasteiger partial charge in [-0.1, -0.05) is 36.4 Å². The molecule has 0 spiro atoms. The number of rotatable bonds is 0. The maximum absolute atomic E-state index is 4.67. The molecule has 5 aromatic carbocycles. The van der Waals surface area contributed by atoms with Crippen LogP contribution in [0.5, 0.6) is 0 Å². The van der Waals surface area contributed by atoms with Gasteiger partial charge in [0.1, 0.15) is 0 Å². The number of nitrogens with zero attached hydrogens (tertiary/aromatic N) is 5. The lowest BCUT2D eigenvalue weighted by Crippen LogP contribution is -1.98. The summed E-state index contributed by atoms with van der Waals surface area (Å²) in [5.74, 6) is 0. The number of fused-ring (bicyclic) bond motifs is 15. The predicted molar refractivity (Wildman–Crippen MR) is 357 cm³/mol. The number of hydrogen-bond acceptors (Lipinski definition) is 5. The summed E-state index contributed by atoms with van der Waals surface area (Å²) in [7, 11) is 0. The smallest absolute Gasteiger partial charge is 0.0529 e. The molecule has 0 atom stereocenters. The molecule has 0 unspecified atom stereocenters. The Labute approximate surface area is 507 Å². The summed E-state index contributed by atoms with van der Waals surface area (Å²) >= 11 is 0. The first-order valence-corrected chi connectivity index (χ1v) is 30.7. The molecule has 15 rings (SSSR count). The lowest BCUT2D eigenvalue weighted by Gasteiger charge is -2.15. The molecule has 430 valence electrons. The molecule has 0 bridgehead atoms. The first-order chi connectivity index (χ1) is 40.4. The Morgan fingerprint density at radius 3 is 1.35 bits per heavy atom. The molecule has 5 heteroatoms. The molecule has 5 aromatic heterocycles. The van der Waals surface area contributed by atoms with Gasteiger partial charge in [-0.2, -0.15) is 0 Å². The van der Waals surface area contributed by atoms with Crippen molar-refractivity contribution in [2.75, 3.05) is 0 Å².